The van der Waals surface area contributed by atoms with Gasteiger partial charge in [0.1, 0.15) is 5.82 Å². The Morgan fingerprint density at radius 3 is 2.65 bits per heavy atom. The van der Waals surface area contributed by atoms with Crippen molar-refractivity contribution in [2.75, 3.05) is 10.6 Å². The molecule has 2 N–H and O–H groups in total. The monoisotopic (exact) mass is 373 g/mol. The van der Waals surface area contributed by atoms with Crippen molar-refractivity contribution in [2.24, 2.45) is 0 Å². The molecule has 0 saturated carbocycles. The predicted molar refractivity (Wildman–Crippen MR) is 94.6 cm³/mol. The number of nitrogens with one attached hydrogen (secondary N) is 2. The van der Waals surface area contributed by atoms with E-state index in [1.165, 1.54) is 11.3 Å². The first kappa shape index (κ1) is 17.9. The van der Waals surface area contributed by atoms with Crippen molar-refractivity contribution < 1.29 is 4.79 Å². The maximum absolute atomic E-state index is 10.5. The third kappa shape index (κ3) is 5.30. The number of amides is 1. The fraction of sp³-hybridized carbons (Fsp3) is 0.429. The van der Waals surface area contributed by atoms with Gasteiger partial charge in [0.15, 0.2) is 0 Å². The van der Waals surface area contributed by atoms with Gasteiger partial charge < -0.3 is 5.32 Å². The molecule has 0 aromatic carbocycles. The van der Waals surface area contributed by atoms with Gasteiger partial charge in [-0.2, -0.15) is 15.0 Å². The van der Waals surface area contributed by atoms with Gasteiger partial charge in [0.05, 0.1) is 8.67 Å². The number of hydrogen-bond acceptors (Lipinski definition) is 6. The molecule has 23 heavy (non-hydrogen) atoms. The van der Waals surface area contributed by atoms with E-state index in [1.54, 1.807) is 6.92 Å². The normalized spacial score (nSPS) is 12.0. The summed E-state index contributed by atoms with van der Waals surface area (Å²) >= 11 is 13.5. The van der Waals surface area contributed by atoms with Gasteiger partial charge in [0.2, 0.25) is 18.3 Å². The van der Waals surface area contributed by atoms with Gasteiger partial charge in [0.25, 0.3) is 0 Å². The smallest absolute Gasteiger partial charge is 0.234 e. The van der Waals surface area contributed by atoms with E-state index in [4.69, 9.17) is 23.2 Å². The molecule has 2 aromatic heterocycles. The quantitative estimate of drug-likeness (QED) is 0.684. The molecule has 0 fully saturated rings. The minimum Gasteiger partial charge on any atom is -0.351 e. The molecule has 2 heterocycles. The van der Waals surface area contributed by atoms with Crippen molar-refractivity contribution in [1.82, 2.24) is 15.0 Å². The SMILES string of the molecule is CCC(CCc1cc(Cl)sc1Cl)Nc1nc(C)nc(NC=O)n1. The van der Waals surface area contributed by atoms with Gasteiger partial charge in [-0.3, -0.25) is 10.1 Å². The van der Waals surface area contributed by atoms with E-state index < -0.39 is 0 Å². The van der Waals surface area contributed by atoms with Crippen LogP contribution in [0.1, 0.15) is 31.2 Å². The Bertz CT molecular complexity index is 679. The number of aromatic nitrogens is 3. The molecule has 6 nitrogen and oxygen atoms in total. The Morgan fingerprint density at radius 2 is 2.04 bits per heavy atom. The van der Waals surface area contributed by atoms with E-state index in [0.717, 1.165) is 29.2 Å². The Balaban J connectivity index is 2.01. The second kappa shape index (κ2) is 8.42. The molecule has 1 atom stereocenters. The molecular weight excluding hydrogens is 357 g/mol. The lowest BCUT2D eigenvalue weighted by atomic mass is 10.1. The summed E-state index contributed by atoms with van der Waals surface area (Å²) < 4.78 is 1.43. The number of aryl methyl sites for hydroxylation is 2. The van der Waals surface area contributed by atoms with E-state index in [0.29, 0.717) is 22.5 Å². The second-order valence-electron chi connectivity index (χ2n) is 4.93. The van der Waals surface area contributed by atoms with Crippen LogP contribution in [0.4, 0.5) is 11.9 Å². The van der Waals surface area contributed by atoms with E-state index in [-0.39, 0.29) is 12.0 Å². The first-order valence-electron chi connectivity index (χ1n) is 7.15. The highest BCUT2D eigenvalue weighted by molar-refractivity contribution is 7.20. The van der Waals surface area contributed by atoms with Gasteiger partial charge in [0, 0.05) is 6.04 Å². The summed E-state index contributed by atoms with van der Waals surface area (Å²) in [6, 6.07) is 2.08. The molecule has 0 bridgehead atoms. The standard InChI is InChI=1S/C14H17Cl2N5OS/c1-3-10(5-4-9-6-11(15)23-12(9)16)20-14-19-8(2)18-13(21-14)17-7-22/h6-7,10H,3-5H2,1-2H3,(H2,17,18,19,20,21,22). The van der Waals surface area contributed by atoms with E-state index >= 15 is 0 Å². The zero-order valence-electron chi connectivity index (χ0n) is 12.8. The summed E-state index contributed by atoms with van der Waals surface area (Å²) in [6.07, 6.45) is 3.12. The molecule has 1 amide bonds. The third-order valence-electron chi connectivity index (χ3n) is 3.25. The first-order valence-corrected chi connectivity index (χ1v) is 8.72. The first-order chi connectivity index (χ1) is 11.0. The summed E-state index contributed by atoms with van der Waals surface area (Å²) in [5.74, 6) is 1.22. The molecule has 0 aliphatic carbocycles. The van der Waals surface area contributed by atoms with Crippen LogP contribution in [0.5, 0.6) is 0 Å². The maximum Gasteiger partial charge on any atom is 0.234 e. The highest BCUT2D eigenvalue weighted by atomic mass is 35.5. The van der Waals surface area contributed by atoms with Crippen molar-refractivity contribution in [2.45, 2.75) is 39.2 Å². The van der Waals surface area contributed by atoms with Crippen LogP contribution < -0.4 is 10.6 Å². The Hall–Kier alpha value is -1.44. The zero-order chi connectivity index (χ0) is 16.8. The average Bonchev–Trinajstić information content (AvgIpc) is 2.81. The molecular formula is C14H17Cl2N5OS. The molecule has 0 radical (unpaired) electrons. The Morgan fingerprint density at radius 1 is 1.30 bits per heavy atom. The largest absolute Gasteiger partial charge is 0.351 e. The lowest BCUT2D eigenvalue weighted by Gasteiger charge is -2.17. The van der Waals surface area contributed by atoms with Crippen LogP contribution in [0.2, 0.25) is 8.67 Å². The summed E-state index contributed by atoms with van der Waals surface area (Å²) in [7, 11) is 0. The molecule has 0 saturated heterocycles. The van der Waals surface area contributed by atoms with Crippen molar-refractivity contribution in [3.63, 3.8) is 0 Å². The third-order valence-corrected chi connectivity index (χ3v) is 4.82. The summed E-state index contributed by atoms with van der Waals surface area (Å²) in [6.45, 7) is 3.83. The molecule has 1 unspecified atom stereocenters. The molecule has 0 aliphatic heterocycles. The topological polar surface area (TPSA) is 79.8 Å². The lowest BCUT2D eigenvalue weighted by molar-refractivity contribution is -0.105. The molecule has 9 heteroatoms. The average molecular weight is 374 g/mol. The van der Waals surface area contributed by atoms with Crippen LogP contribution in [0.25, 0.3) is 0 Å². The fourth-order valence-corrected chi connectivity index (χ4v) is 3.64. The number of thiophene rings is 1. The van der Waals surface area contributed by atoms with E-state index in [1.807, 2.05) is 6.07 Å². The number of carbonyl (C=O) groups is 1. The predicted octanol–water partition coefficient (Wildman–Crippen LogP) is 3.94. The Labute approximate surface area is 148 Å². The fourth-order valence-electron chi connectivity index (χ4n) is 2.10. The van der Waals surface area contributed by atoms with E-state index in [2.05, 4.69) is 32.5 Å². The Kier molecular flexibility index (Phi) is 6.56. The van der Waals surface area contributed by atoms with Crippen molar-refractivity contribution in [3.05, 3.63) is 26.1 Å². The molecule has 2 rings (SSSR count). The van der Waals surface area contributed by atoms with Gasteiger partial charge in [-0.1, -0.05) is 30.1 Å². The van der Waals surface area contributed by atoms with E-state index in [9.17, 15) is 4.79 Å². The van der Waals surface area contributed by atoms with Crippen molar-refractivity contribution in [1.29, 1.82) is 0 Å². The minimum atomic E-state index is 0.177. The number of halogens is 2. The number of nitrogens with zero attached hydrogens (tertiary/aromatic N) is 3. The molecule has 124 valence electrons. The van der Waals surface area contributed by atoms with Gasteiger partial charge in [-0.25, -0.2) is 0 Å². The van der Waals surface area contributed by atoms with Crippen LogP contribution in [-0.2, 0) is 11.2 Å². The number of hydrogen-bond donors (Lipinski definition) is 2. The number of anilines is 2. The zero-order valence-corrected chi connectivity index (χ0v) is 15.1. The highest BCUT2D eigenvalue weighted by Gasteiger charge is 2.13. The van der Waals surface area contributed by atoms with Crippen LogP contribution in [0, 0.1) is 6.92 Å². The van der Waals surface area contributed by atoms with Crippen LogP contribution in [0.15, 0.2) is 6.07 Å². The van der Waals surface area contributed by atoms with Gasteiger partial charge >= 0.3 is 0 Å². The number of carbonyl (C=O) groups excluding carboxylic acids is 1. The molecule has 0 spiro atoms. The summed E-state index contributed by atoms with van der Waals surface area (Å²) in [5, 5.41) is 5.71. The summed E-state index contributed by atoms with van der Waals surface area (Å²) in [5.41, 5.74) is 1.05. The minimum absolute atomic E-state index is 0.177. The van der Waals surface area contributed by atoms with Crippen molar-refractivity contribution in [3.8, 4) is 0 Å². The van der Waals surface area contributed by atoms with Crippen LogP contribution in [-0.4, -0.2) is 27.4 Å². The van der Waals surface area contributed by atoms with Crippen LogP contribution >= 0.6 is 34.5 Å². The lowest BCUT2D eigenvalue weighted by Crippen LogP contribution is -2.21. The van der Waals surface area contributed by atoms with Gasteiger partial charge in [-0.15, -0.1) is 11.3 Å². The van der Waals surface area contributed by atoms with Crippen molar-refractivity contribution >= 4 is 52.8 Å². The molecule has 2 aromatic rings. The number of rotatable bonds is 8. The highest BCUT2D eigenvalue weighted by Crippen LogP contribution is 2.32. The summed E-state index contributed by atoms with van der Waals surface area (Å²) in [4.78, 5) is 23.0. The maximum atomic E-state index is 10.5. The van der Waals surface area contributed by atoms with Crippen LogP contribution in [0.3, 0.4) is 0 Å². The second-order valence-corrected chi connectivity index (χ2v) is 7.22. The van der Waals surface area contributed by atoms with Gasteiger partial charge in [-0.05, 0) is 37.8 Å². The molecule has 0 aliphatic rings.